The van der Waals surface area contributed by atoms with Crippen molar-refractivity contribution in [1.29, 1.82) is 0 Å². The van der Waals surface area contributed by atoms with E-state index < -0.39 is 6.10 Å². The number of terminal acetylenes is 1. The van der Waals surface area contributed by atoms with Crippen molar-refractivity contribution in [3.8, 4) is 12.3 Å². The second-order valence-electron chi connectivity index (χ2n) is 2.34. The minimum atomic E-state index is -0.639. The van der Waals surface area contributed by atoms with E-state index >= 15 is 0 Å². The van der Waals surface area contributed by atoms with Gasteiger partial charge in [0.2, 0.25) is 0 Å². The van der Waals surface area contributed by atoms with Crippen LogP contribution in [0.4, 0.5) is 0 Å². The van der Waals surface area contributed by atoms with Gasteiger partial charge in [-0.3, -0.25) is 0 Å². The highest BCUT2D eigenvalue weighted by Crippen LogP contribution is 2.15. The zero-order chi connectivity index (χ0) is 8.97. The normalized spacial score (nSPS) is 12.1. The summed E-state index contributed by atoms with van der Waals surface area (Å²) in [7, 11) is 0. The molecule has 0 aliphatic rings. The number of aromatic nitrogens is 1. The van der Waals surface area contributed by atoms with Gasteiger partial charge >= 0.3 is 0 Å². The number of hydrogen-bond donors (Lipinski definition) is 1. The molecule has 0 aromatic carbocycles. The molecule has 0 saturated carbocycles. The minimum Gasteiger partial charge on any atom is -0.387 e. The average molecular weight is 182 g/mol. The third kappa shape index (κ3) is 2.23. The first-order chi connectivity index (χ1) is 5.74. The summed E-state index contributed by atoms with van der Waals surface area (Å²) in [5.41, 5.74) is 0.692. The highest BCUT2D eigenvalue weighted by molar-refractivity contribution is 6.29. The van der Waals surface area contributed by atoms with Gasteiger partial charge < -0.3 is 5.11 Å². The van der Waals surface area contributed by atoms with Gasteiger partial charge in [0.05, 0.1) is 6.10 Å². The SMILES string of the molecule is C#CCC(O)c1ccc(Cl)nc1. The summed E-state index contributed by atoms with van der Waals surface area (Å²) in [6.07, 6.45) is 6.21. The van der Waals surface area contributed by atoms with Crippen molar-refractivity contribution < 1.29 is 5.11 Å². The smallest absolute Gasteiger partial charge is 0.129 e. The maximum Gasteiger partial charge on any atom is 0.129 e. The van der Waals surface area contributed by atoms with Crippen molar-refractivity contribution in [3.05, 3.63) is 29.0 Å². The van der Waals surface area contributed by atoms with E-state index in [1.807, 2.05) is 0 Å². The molecule has 1 unspecified atom stereocenters. The fraction of sp³-hybridized carbons (Fsp3) is 0.222. The van der Waals surface area contributed by atoms with Crippen molar-refractivity contribution in [1.82, 2.24) is 4.98 Å². The van der Waals surface area contributed by atoms with Crippen LogP contribution < -0.4 is 0 Å². The van der Waals surface area contributed by atoms with Crippen LogP contribution in [0.3, 0.4) is 0 Å². The number of nitrogens with zero attached hydrogens (tertiary/aromatic N) is 1. The first-order valence-corrected chi connectivity index (χ1v) is 3.85. The second kappa shape index (κ2) is 4.10. The van der Waals surface area contributed by atoms with Crippen LogP contribution in [0.25, 0.3) is 0 Å². The number of aliphatic hydroxyl groups is 1. The molecule has 1 heterocycles. The average Bonchev–Trinajstić information content (AvgIpc) is 2.06. The molecule has 1 aromatic heterocycles. The molecule has 12 heavy (non-hydrogen) atoms. The Morgan fingerprint density at radius 3 is 2.92 bits per heavy atom. The highest BCUT2D eigenvalue weighted by Gasteiger charge is 2.04. The van der Waals surface area contributed by atoms with E-state index in [-0.39, 0.29) is 0 Å². The van der Waals surface area contributed by atoms with Crippen LogP contribution in [0.2, 0.25) is 5.15 Å². The Bertz CT molecular complexity index is 288. The van der Waals surface area contributed by atoms with Crippen LogP contribution in [0.1, 0.15) is 18.1 Å². The summed E-state index contributed by atoms with van der Waals surface area (Å²) < 4.78 is 0. The molecule has 62 valence electrons. The first kappa shape index (κ1) is 9.05. The fourth-order valence-electron chi connectivity index (χ4n) is 0.814. The van der Waals surface area contributed by atoms with Gasteiger partial charge in [0.25, 0.3) is 0 Å². The number of hydrogen-bond acceptors (Lipinski definition) is 2. The van der Waals surface area contributed by atoms with Crippen molar-refractivity contribution in [2.75, 3.05) is 0 Å². The molecule has 0 aliphatic heterocycles. The Kier molecular flexibility index (Phi) is 3.09. The summed E-state index contributed by atoms with van der Waals surface area (Å²) in [5.74, 6) is 2.37. The molecule has 0 bridgehead atoms. The number of rotatable bonds is 2. The van der Waals surface area contributed by atoms with E-state index in [2.05, 4.69) is 10.9 Å². The van der Waals surface area contributed by atoms with Gasteiger partial charge in [0.15, 0.2) is 0 Å². The Labute approximate surface area is 76.2 Å². The second-order valence-corrected chi connectivity index (χ2v) is 2.73. The lowest BCUT2D eigenvalue weighted by atomic mass is 10.1. The zero-order valence-electron chi connectivity index (χ0n) is 6.37. The third-order valence-electron chi connectivity index (χ3n) is 1.45. The van der Waals surface area contributed by atoms with Crippen LogP contribution in [-0.2, 0) is 0 Å². The molecule has 0 amide bonds. The Hall–Kier alpha value is -1.04. The molecule has 0 aliphatic carbocycles. The van der Waals surface area contributed by atoms with E-state index in [0.717, 1.165) is 0 Å². The van der Waals surface area contributed by atoms with Gasteiger partial charge in [0, 0.05) is 12.6 Å². The van der Waals surface area contributed by atoms with Gasteiger partial charge in [-0.05, 0) is 11.6 Å². The molecule has 0 spiro atoms. The van der Waals surface area contributed by atoms with Crippen LogP contribution in [0, 0.1) is 12.3 Å². The van der Waals surface area contributed by atoms with Gasteiger partial charge in [-0.1, -0.05) is 17.7 Å². The van der Waals surface area contributed by atoms with Crippen LogP contribution in [0.15, 0.2) is 18.3 Å². The van der Waals surface area contributed by atoms with Crippen molar-refractivity contribution >= 4 is 11.6 Å². The molecule has 0 fully saturated rings. The Morgan fingerprint density at radius 1 is 1.67 bits per heavy atom. The van der Waals surface area contributed by atoms with Crippen molar-refractivity contribution in [3.63, 3.8) is 0 Å². The minimum absolute atomic E-state index is 0.295. The lowest BCUT2D eigenvalue weighted by Crippen LogP contribution is -1.95. The number of aliphatic hydroxyl groups excluding tert-OH is 1. The predicted molar refractivity (Wildman–Crippen MR) is 47.7 cm³/mol. The number of halogens is 1. The first-order valence-electron chi connectivity index (χ1n) is 3.47. The van der Waals surface area contributed by atoms with Crippen LogP contribution in [-0.4, -0.2) is 10.1 Å². The van der Waals surface area contributed by atoms with E-state index in [1.54, 1.807) is 12.1 Å². The molecule has 1 atom stereocenters. The third-order valence-corrected chi connectivity index (χ3v) is 1.67. The summed E-state index contributed by atoms with van der Waals surface area (Å²) in [5, 5.41) is 9.79. The van der Waals surface area contributed by atoms with Gasteiger partial charge in [-0.2, -0.15) is 0 Å². The summed E-state index contributed by atoms with van der Waals surface area (Å²) in [4.78, 5) is 3.82. The standard InChI is InChI=1S/C9H8ClNO/c1-2-3-8(12)7-4-5-9(10)11-6-7/h1,4-6,8,12H,3H2. The Morgan fingerprint density at radius 2 is 2.42 bits per heavy atom. The van der Waals surface area contributed by atoms with Gasteiger partial charge in [-0.25, -0.2) is 4.98 Å². The molecule has 0 saturated heterocycles. The molecule has 0 radical (unpaired) electrons. The molecule has 2 nitrogen and oxygen atoms in total. The maximum absolute atomic E-state index is 9.39. The number of pyridine rings is 1. The molecule has 3 heteroatoms. The van der Waals surface area contributed by atoms with E-state index in [9.17, 15) is 5.11 Å². The largest absolute Gasteiger partial charge is 0.387 e. The molecule has 1 N–H and O–H groups in total. The Balaban J connectivity index is 2.76. The predicted octanol–water partition coefficient (Wildman–Crippen LogP) is 1.79. The monoisotopic (exact) mass is 181 g/mol. The van der Waals surface area contributed by atoms with E-state index in [4.69, 9.17) is 18.0 Å². The van der Waals surface area contributed by atoms with E-state index in [1.165, 1.54) is 6.20 Å². The molecular formula is C9H8ClNO. The quantitative estimate of drug-likeness (QED) is 0.558. The van der Waals surface area contributed by atoms with Gasteiger partial charge in [-0.15, -0.1) is 12.3 Å². The molecular weight excluding hydrogens is 174 g/mol. The maximum atomic E-state index is 9.39. The topological polar surface area (TPSA) is 33.1 Å². The highest BCUT2D eigenvalue weighted by atomic mass is 35.5. The summed E-state index contributed by atoms with van der Waals surface area (Å²) in [6, 6.07) is 3.33. The van der Waals surface area contributed by atoms with Crippen LogP contribution in [0.5, 0.6) is 0 Å². The van der Waals surface area contributed by atoms with E-state index in [0.29, 0.717) is 17.1 Å². The lowest BCUT2D eigenvalue weighted by molar-refractivity contribution is 0.183. The summed E-state index contributed by atoms with van der Waals surface area (Å²) in [6.45, 7) is 0. The molecule has 1 aromatic rings. The van der Waals surface area contributed by atoms with Crippen molar-refractivity contribution in [2.24, 2.45) is 0 Å². The van der Waals surface area contributed by atoms with Gasteiger partial charge in [0.1, 0.15) is 5.15 Å². The summed E-state index contributed by atoms with van der Waals surface area (Å²) >= 11 is 5.56. The van der Waals surface area contributed by atoms with Crippen molar-refractivity contribution in [2.45, 2.75) is 12.5 Å². The lowest BCUT2D eigenvalue weighted by Gasteiger charge is -2.05. The molecule has 1 rings (SSSR count). The fourth-order valence-corrected chi connectivity index (χ4v) is 0.926. The van der Waals surface area contributed by atoms with Crippen LogP contribution >= 0.6 is 11.6 Å². The zero-order valence-corrected chi connectivity index (χ0v) is 7.12.